The highest BCUT2D eigenvalue weighted by molar-refractivity contribution is 6.18. The predicted molar refractivity (Wildman–Crippen MR) is 66.6 cm³/mol. The molecule has 0 saturated heterocycles. The molecule has 7 heteroatoms. The van der Waals surface area contributed by atoms with E-state index in [4.69, 9.17) is 4.74 Å². The Morgan fingerprint density at radius 3 is 2.79 bits per heavy atom. The minimum absolute atomic E-state index is 0.355. The molecule has 0 aromatic rings. The number of ether oxygens (including phenoxy) is 1. The number of amides is 2. The Morgan fingerprint density at radius 2 is 2.16 bits per heavy atom. The van der Waals surface area contributed by atoms with Crippen molar-refractivity contribution in [3.05, 3.63) is 0 Å². The van der Waals surface area contributed by atoms with Crippen molar-refractivity contribution in [1.29, 1.82) is 0 Å². The van der Waals surface area contributed by atoms with Gasteiger partial charge in [0.2, 0.25) is 0 Å². The first-order chi connectivity index (χ1) is 8.77. The summed E-state index contributed by atoms with van der Waals surface area (Å²) in [5.74, 6) is -0.476. The van der Waals surface area contributed by atoms with E-state index < -0.39 is 23.1 Å². The highest BCUT2D eigenvalue weighted by Gasteiger charge is 2.56. The Morgan fingerprint density at radius 1 is 1.47 bits per heavy atom. The van der Waals surface area contributed by atoms with Crippen LogP contribution in [0.5, 0.6) is 0 Å². The van der Waals surface area contributed by atoms with Crippen molar-refractivity contribution in [3.8, 4) is 0 Å². The van der Waals surface area contributed by atoms with Gasteiger partial charge in [0.1, 0.15) is 5.60 Å². The van der Waals surface area contributed by atoms with Crippen LogP contribution in [0.3, 0.4) is 0 Å². The SMILES string of the molecule is CC(C)(C)OC(=O)N(O)C12CCCCC1=NNC2=O. The van der Waals surface area contributed by atoms with Gasteiger partial charge in [0, 0.05) is 0 Å². The van der Waals surface area contributed by atoms with Gasteiger partial charge in [0.25, 0.3) is 5.91 Å². The minimum Gasteiger partial charge on any atom is -0.442 e. The zero-order valence-electron chi connectivity index (χ0n) is 11.4. The standard InChI is InChI=1S/C12H19N3O4/c1-11(2,3)19-10(17)15(18)12-7-5-4-6-8(12)13-14-9(12)16/h18H,4-7H2,1-3H3,(H,14,16). The number of fused-ring (bicyclic) bond motifs is 1. The fraction of sp³-hybridized carbons (Fsp3) is 0.750. The van der Waals surface area contributed by atoms with Crippen LogP contribution in [-0.2, 0) is 9.53 Å². The molecule has 2 amide bonds. The summed E-state index contributed by atoms with van der Waals surface area (Å²) in [6.45, 7) is 5.09. The van der Waals surface area contributed by atoms with Gasteiger partial charge < -0.3 is 4.74 Å². The third-order valence-electron chi connectivity index (χ3n) is 3.28. The fourth-order valence-electron chi connectivity index (χ4n) is 2.41. The van der Waals surface area contributed by atoms with Crippen molar-refractivity contribution in [2.45, 2.75) is 57.6 Å². The predicted octanol–water partition coefficient (Wildman–Crippen LogP) is 1.41. The number of nitrogens with zero attached hydrogens (tertiary/aromatic N) is 2. The van der Waals surface area contributed by atoms with Crippen LogP contribution >= 0.6 is 0 Å². The quantitative estimate of drug-likeness (QED) is 0.556. The van der Waals surface area contributed by atoms with Gasteiger partial charge in [-0.3, -0.25) is 10.0 Å². The van der Waals surface area contributed by atoms with Gasteiger partial charge in [0.15, 0.2) is 5.54 Å². The number of hydrazone groups is 1. The molecule has 0 aromatic heterocycles. The summed E-state index contributed by atoms with van der Waals surface area (Å²) >= 11 is 0. The fourth-order valence-corrected chi connectivity index (χ4v) is 2.41. The molecule has 7 nitrogen and oxygen atoms in total. The van der Waals surface area contributed by atoms with Gasteiger partial charge >= 0.3 is 6.09 Å². The summed E-state index contributed by atoms with van der Waals surface area (Å²) in [4.78, 5) is 24.0. The molecule has 1 fully saturated rings. The Hall–Kier alpha value is -1.63. The Kier molecular flexibility index (Phi) is 3.25. The van der Waals surface area contributed by atoms with Crippen molar-refractivity contribution in [2.75, 3.05) is 0 Å². The summed E-state index contributed by atoms with van der Waals surface area (Å²) in [6.07, 6.45) is 1.63. The smallest absolute Gasteiger partial charge is 0.435 e. The summed E-state index contributed by atoms with van der Waals surface area (Å²) in [7, 11) is 0. The first kappa shape index (κ1) is 13.8. The summed E-state index contributed by atoms with van der Waals surface area (Å²) in [6, 6.07) is 0. The molecule has 19 heavy (non-hydrogen) atoms. The topological polar surface area (TPSA) is 91.2 Å². The van der Waals surface area contributed by atoms with E-state index in [2.05, 4.69) is 10.5 Å². The monoisotopic (exact) mass is 269 g/mol. The number of hydrogen-bond acceptors (Lipinski definition) is 5. The van der Waals surface area contributed by atoms with Gasteiger partial charge in [-0.2, -0.15) is 10.2 Å². The van der Waals surface area contributed by atoms with Crippen molar-refractivity contribution >= 4 is 17.7 Å². The van der Waals surface area contributed by atoms with Crippen LogP contribution in [0.15, 0.2) is 5.10 Å². The van der Waals surface area contributed by atoms with Gasteiger partial charge in [-0.25, -0.2) is 10.2 Å². The average Bonchev–Trinajstić information content (AvgIpc) is 2.65. The van der Waals surface area contributed by atoms with Crippen LogP contribution in [0.4, 0.5) is 4.79 Å². The number of carbonyl (C=O) groups is 2. The largest absolute Gasteiger partial charge is 0.442 e. The van der Waals surface area contributed by atoms with E-state index in [1.807, 2.05) is 0 Å². The van der Waals surface area contributed by atoms with E-state index >= 15 is 0 Å². The molecule has 2 N–H and O–H groups in total. The molecule has 106 valence electrons. The first-order valence-corrected chi connectivity index (χ1v) is 6.37. The summed E-state index contributed by atoms with van der Waals surface area (Å²) in [5.41, 5.74) is 0.709. The molecule has 0 bridgehead atoms. The third-order valence-corrected chi connectivity index (χ3v) is 3.28. The second-order valence-corrected chi connectivity index (χ2v) is 5.86. The molecule has 0 radical (unpaired) electrons. The zero-order chi connectivity index (χ0) is 14.3. The van der Waals surface area contributed by atoms with E-state index in [0.29, 0.717) is 23.6 Å². The number of hydroxylamine groups is 2. The molecule has 0 aromatic carbocycles. The molecule has 1 unspecified atom stereocenters. The average molecular weight is 269 g/mol. The van der Waals surface area contributed by atoms with Gasteiger partial charge in [-0.15, -0.1) is 0 Å². The van der Waals surface area contributed by atoms with E-state index in [1.54, 1.807) is 20.8 Å². The summed E-state index contributed by atoms with van der Waals surface area (Å²) < 4.78 is 5.11. The second kappa shape index (κ2) is 4.48. The maximum atomic E-state index is 12.0. The van der Waals surface area contributed by atoms with Crippen molar-refractivity contribution in [3.63, 3.8) is 0 Å². The van der Waals surface area contributed by atoms with Crippen LogP contribution in [0.1, 0.15) is 46.5 Å². The molecule has 1 atom stereocenters. The Bertz CT molecular complexity index is 441. The van der Waals surface area contributed by atoms with Crippen molar-refractivity contribution in [1.82, 2.24) is 10.5 Å². The first-order valence-electron chi connectivity index (χ1n) is 6.37. The van der Waals surface area contributed by atoms with Gasteiger partial charge in [-0.05, 0) is 46.5 Å². The Labute approximate surface area is 111 Å². The van der Waals surface area contributed by atoms with Crippen LogP contribution < -0.4 is 5.43 Å². The molecule has 1 aliphatic heterocycles. The van der Waals surface area contributed by atoms with Crippen molar-refractivity contribution in [2.24, 2.45) is 5.10 Å². The molecule has 2 aliphatic rings. The van der Waals surface area contributed by atoms with Gasteiger partial charge in [-0.1, -0.05) is 0 Å². The Balaban J connectivity index is 2.25. The lowest BCUT2D eigenvalue weighted by Crippen LogP contribution is -2.61. The van der Waals surface area contributed by atoms with Crippen molar-refractivity contribution < 1.29 is 19.5 Å². The normalized spacial score (nSPS) is 26.3. The zero-order valence-corrected chi connectivity index (χ0v) is 11.4. The van der Waals surface area contributed by atoms with E-state index in [-0.39, 0.29) is 0 Å². The molecular weight excluding hydrogens is 250 g/mol. The molecule has 2 rings (SSSR count). The van der Waals surface area contributed by atoms with Crippen LogP contribution in [0.25, 0.3) is 0 Å². The maximum absolute atomic E-state index is 12.0. The van der Waals surface area contributed by atoms with Gasteiger partial charge in [0.05, 0.1) is 5.71 Å². The number of nitrogens with one attached hydrogen (secondary N) is 1. The molecule has 1 aliphatic carbocycles. The van der Waals surface area contributed by atoms with E-state index in [9.17, 15) is 14.8 Å². The maximum Gasteiger partial charge on any atom is 0.435 e. The van der Waals surface area contributed by atoms with E-state index in [1.165, 1.54) is 0 Å². The van der Waals surface area contributed by atoms with E-state index in [0.717, 1.165) is 12.8 Å². The van der Waals surface area contributed by atoms with Crippen LogP contribution in [0, 0.1) is 0 Å². The molecule has 1 saturated carbocycles. The molecule has 1 heterocycles. The number of rotatable bonds is 1. The molecule has 0 spiro atoms. The number of hydrogen-bond donors (Lipinski definition) is 2. The highest BCUT2D eigenvalue weighted by Crippen LogP contribution is 2.34. The summed E-state index contributed by atoms with van der Waals surface area (Å²) in [5, 5.41) is 14.5. The lowest BCUT2D eigenvalue weighted by atomic mass is 9.79. The lowest BCUT2D eigenvalue weighted by molar-refractivity contribution is -0.161. The lowest BCUT2D eigenvalue weighted by Gasteiger charge is -2.37. The van der Waals surface area contributed by atoms with Crippen LogP contribution in [-0.4, -0.2) is 39.1 Å². The van der Waals surface area contributed by atoms with Crippen LogP contribution in [0.2, 0.25) is 0 Å². The highest BCUT2D eigenvalue weighted by atomic mass is 16.6. The second-order valence-electron chi connectivity index (χ2n) is 5.86. The number of carbonyl (C=O) groups excluding carboxylic acids is 2. The molecular formula is C12H19N3O4. The third kappa shape index (κ3) is 2.30. The minimum atomic E-state index is -1.39.